The van der Waals surface area contributed by atoms with Crippen LogP contribution in [0.15, 0.2) is 0 Å². The minimum atomic E-state index is -0.849. The summed E-state index contributed by atoms with van der Waals surface area (Å²) in [5, 5.41) is 12.0. The van der Waals surface area contributed by atoms with Crippen LogP contribution in [0.5, 0.6) is 0 Å². The Hall–Kier alpha value is -1.86. The van der Waals surface area contributed by atoms with Crippen LogP contribution >= 0.6 is 0 Å². The molecule has 0 aromatic heterocycles. The van der Waals surface area contributed by atoms with Gasteiger partial charge in [0.25, 0.3) is 0 Å². The van der Waals surface area contributed by atoms with Crippen molar-refractivity contribution < 1.29 is 24.1 Å². The van der Waals surface area contributed by atoms with E-state index < -0.39 is 17.2 Å². The van der Waals surface area contributed by atoms with E-state index in [1.165, 1.54) is 19.8 Å². The molecule has 4 aliphatic rings. The van der Waals surface area contributed by atoms with Gasteiger partial charge in [-0.2, -0.15) is 0 Å². The van der Waals surface area contributed by atoms with Gasteiger partial charge in [-0.25, -0.2) is 14.9 Å². The molecule has 192 valence electrons. The van der Waals surface area contributed by atoms with Crippen molar-refractivity contribution in [3.05, 3.63) is 10.1 Å². The van der Waals surface area contributed by atoms with Crippen molar-refractivity contribution in [3.63, 3.8) is 0 Å². The second-order valence-electron chi connectivity index (χ2n) is 11.9. The Morgan fingerprint density at radius 2 is 1.74 bits per heavy atom. The van der Waals surface area contributed by atoms with Crippen LogP contribution < -0.4 is 0 Å². The van der Waals surface area contributed by atoms with Crippen LogP contribution in [0.4, 0.5) is 4.79 Å². The van der Waals surface area contributed by atoms with Crippen LogP contribution in [0.3, 0.4) is 0 Å². The highest BCUT2D eigenvalue weighted by Crippen LogP contribution is 2.68. The number of hydrogen-bond donors (Lipinski definition) is 0. The molecule has 9 atom stereocenters. The average Bonchev–Trinajstić information content (AvgIpc) is 3.11. The van der Waals surface area contributed by atoms with E-state index in [0.29, 0.717) is 23.7 Å². The summed E-state index contributed by atoms with van der Waals surface area (Å²) in [4.78, 5) is 35.7. The zero-order chi connectivity index (χ0) is 24.8. The third-order valence-electron chi connectivity index (χ3n) is 10.6. The summed E-state index contributed by atoms with van der Waals surface area (Å²) in [5.74, 6) is 2.36. The van der Waals surface area contributed by atoms with E-state index in [0.717, 1.165) is 50.0 Å². The highest BCUT2D eigenvalue weighted by Gasteiger charge is 2.62. The zero-order valence-corrected chi connectivity index (χ0v) is 21.5. The molecule has 0 N–H and O–H groups in total. The molecule has 0 radical (unpaired) electrons. The minimum absolute atomic E-state index is 0.000518. The number of esters is 1. The second-order valence-corrected chi connectivity index (χ2v) is 11.9. The summed E-state index contributed by atoms with van der Waals surface area (Å²) in [6.45, 7) is 9.95. The molecule has 8 heteroatoms. The smallest absolute Gasteiger partial charge is 0.463 e. The van der Waals surface area contributed by atoms with Crippen molar-refractivity contribution in [2.45, 2.75) is 105 Å². The fourth-order valence-corrected chi connectivity index (χ4v) is 9.14. The zero-order valence-electron chi connectivity index (χ0n) is 21.5. The number of carbonyl (C=O) groups excluding carboxylic acids is 2. The lowest BCUT2D eigenvalue weighted by molar-refractivity contribution is -0.645. The number of fused-ring (bicyclic) bond motifs is 5. The van der Waals surface area contributed by atoms with E-state index in [4.69, 9.17) is 9.47 Å². The highest BCUT2D eigenvalue weighted by atomic mass is 16.7. The summed E-state index contributed by atoms with van der Waals surface area (Å²) in [5.41, 5.74) is 0.280. The monoisotopic (exact) mass is 478 g/mol. The molecule has 4 rings (SSSR count). The molecule has 0 saturated heterocycles. The van der Waals surface area contributed by atoms with Crippen LogP contribution in [0.2, 0.25) is 0 Å². The van der Waals surface area contributed by atoms with Crippen LogP contribution in [0.1, 0.15) is 92.4 Å². The van der Waals surface area contributed by atoms with Gasteiger partial charge in [0.05, 0.1) is 6.61 Å². The first kappa shape index (κ1) is 25.2. The molecule has 4 saturated carbocycles. The Balaban J connectivity index is 1.51. The number of amides is 1. The van der Waals surface area contributed by atoms with Gasteiger partial charge in [0.15, 0.2) is 5.03 Å². The van der Waals surface area contributed by atoms with Gasteiger partial charge in [-0.3, -0.25) is 4.79 Å². The predicted octanol–water partition coefficient (Wildman–Crippen LogP) is 5.62. The van der Waals surface area contributed by atoms with E-state index in [1.54, 1.807) is 6.92 Å². The summed E-state index contributed by atoms with van der Waals surface area (Å²) in [6, 6.07) is -0.494. The lowest BCUT2D eigenvalue weighted by Crippen LogP contribution is -2.56. The van der Waals surface area contributed by atoms with Crippen molar-refractivity contribution in [3.8, 4) is 0 Å². The van der Waals surface area contributed by atoms with Gasteiger partial charge in [0, 0.05) is 6.92 Å². The van der Waals surface area contributed by atoms with E-state index in [-0.39, 0.29) is 35.4 Å². The second kappa shape index (κ2) is 9.30. The number of ether oxygens (including phenoxy) is 2. The van der Waals surface area contributed by atoms with Crippen molar-refractivity contribution in [1.82, 2.24) is 5.01 Å². The molecule has 0 aromatic carbocycles. The summed E-state index contributed by atoms with van der Waals surface area (Å²) >= 11 is 0. The molecule has 8 nitrogen and oxygen atoms in total. The van der Waals surface area contributed by atoms with Gasteiger partial charge in [-0.05, 0) is 117 Å². The maximum Gasteiger partial charge on any atom is 0.468 e. The maximum absolute atomic E-state index is 12.4. The van der Waals surface area contributed by atoms with Crippen LogP contribution in [-0.2, 0) is 14.3 Å². The van der Waals surface area contributed by atoms with Crippen LogP contribution in [0.25, 0.3) is 0 Å². The Morgan fingerprint density at radius 1 is 1.06 bits per heavy atom. The highest BCUT2D eigenvalue weighted by molar-refractivity contribution is 5.66. The fourth-order valence-electron chi connectivity index (χ4n) is 9.14. The lowest BCUT2D eigenvalue weighted by atomic mass is 9.44. The fraction of sp³-hybridized carbons (Fsp3) is 0.923. The number of carbonyl (C=O) groups is 2. The number of nitrogens with zero attached hydrogens (tertiary/aromatic N) is 2. The van der Waals surface area contributed by atoms with Gasteiger partial charge in [-0.15, -0.1) is 0 Å². The van der Waals surface area contributed by atoms with Gasteiger partial charge in [0.1, 0.15) is 12.1 Å². The Bertz CT molecular complexity index is 819. The van der Waals surface area contributed by atoms with Gasteiger partial charge < -0.3 is 9.47 Å². The number of hydrazine groups is 1. The van der Waals surface area contributed by atoms with E-state index in [9.17, 15) is 19.7 Å². The van der Waals surface area contributed by atoms with Crippen molar-refractivity contribution in [2.75, 3.05) is 6.61 Å². The van der Waals surface area contributed by atoms with Gasteiger partial charge in [0.2, 0.25) is 0 Å². The average molecular weight is 479 g/mol. The molecule has 4 fully saturated rings. The standard InChI is InChI=1S/C26H42N2O6/c1-6-33-24(30)27(28(31)32)16(2)21-9-10-22-20-8-7-18-15-19(34-17(3)29)11-13-25(18,4)23(20)12-14-26(21,22)5/h16,18-23H,6-15H2,1-5H3/t16-,18?,19-,20-,21+,22-,23-,25-,26+/m0/s1. The summed E-state index contributed by atoms with van der Waals surface area (Å²) in [6.07, 6.45) is 8.82. The van der Waals surface area contributed by atoms with Crippen molar-refractivity contribution >= 4 is 12.1 Å². The van der Waals surface area contributed by atoms with Gasteiger partial charge >= 0.3 is 12.1 Å². The molecule has 34 heavy (non-hydrogen) atoms. The van der Waals surface area contributed by atoms with Crippen molar-refractivity contribution in [2.24, 2.45) is 40.4 Å². The SMILES string of the molecule is CCOC(=O)N([C@@H](C)[C@H]1CC[C@H]2[C@@H]3CCC4C[C@@H](OC(C)=O)CC[C@]4(C)[C@H]3CC[C@]12C)[N+](=O)[O-]. The molecule has 0 spiro atoms. The third-order valence-corrected chi connectivity index (χ3v) is 10.6. The molecule has 1 unspecified atom stereocenters. The van der Waals surface area contributed by atoms with Crippen LogP contribution in [0, 0.1) is 50.5 Å². The molecule has 4 aliphatic carbocycles. The third kappa shape index (κ3) is 4.09. The molecule has 1 amide bonds. The maximum atomic E-state index is 12.4. The minimum Gasteiger partial charge on any atom is -0.463 e. The van der Waals surface area contributed by atoms with Crippen LogP contribution in [-0.4, -0.2) is 40.9 Å². The first-order chi connectivity index (χ1) is 16.0. The number of nitro groups is 1. The Labute approximate surface area is 203 Å². The summed E-state index contributed by atoms with van der Waals surface area (Å²) in [7, 11) is 0. The first-order valence-corrected chi connectivity index (χ1v) is 13.3. The number of rotatable bonds is 5. The molecular formula is C26H42N2O6. The normalized spacial score (nSPS) is 41.9. The number of hydrogen-bond acceptors (Lipinski definition) is 6. The summed E-state index contributed by atoms with van der Waals surface area (Å²) < 4.78 is 10.6. The molecule has 0 bridgehead atoms. The Morgan fingerprint density at radius 3 is 2.38 bits per heavy atom. The van der Waals surface area contributed by atoms with E-state index in [2.05, 4.69) is 13.8 Å². The first-order valence-electron chi connectivity index (χ1n) is 13.3. The molecule has 0 aromatic rings. The lowest BCUT2D eigenvalue weighted by Gasteiger charge is -2.61. The molecule has 0 aliphatic heterocycles. The largest absolute Gasteiger partial charge is 0.468 e. The predicted molar refractivity (Wildman–Crippen MR) is 126 cm³/mol. The molecular weight excluding hydrogens is 436 g/mol. The Kier molecular flexibility index (Phi) is 6.91. The molecule has 0 heterocycles. The van der Waals surface area contributed by atoms with E-state index >= 15 is 0 Å². The van der Waals surface area contributed by atoms with Gasteiger partial charge in [-0.1, -0.05) is 13.8 Å². The van der Waals surface area contributed by atoms with Crippen molar-refractivity contribution in [1.29, 1.82) is 0 Å². The quantitative estimate of drug-likeness (QED) is 0.289. The van der Waals surface area contributed by atoms with E-state index in [1.807, 2.05) is 6.92 Å². The topological polar surface area (TPSA) is 99.0 Å².